The third-order valence-electron chi connectivity index (χ3n) is 4.86. The van der Waals surface area contributed by atoms with Crippen molar-refractivity contribution in [1.82, 2.24) is 14.8 Å². The SMILES string of the molecule is C/C=C(\C=C/CC)N1CCN(Cc2cc(Br)c(O)c3ncccc23)CC1.CC. The first-order chi connectivity index (χ1) is 13.6. The Balaban J connectivity index is 0.00000136. The minimum Gasteiger partial charge on any atom is -0.505 e. The summed E-state index contributed by atoms with van der Waals surface area (Å²) in [5.74, 6) is 0.217. The molecule has 0 aliphatic carbocycles. The Labute approximate surface area is 177 Å². The highest BCUT2D eigenvalue weighted by atomic mass is 79.9. The normalized spacial score (nSPS) is 15.8. The fraction of sp³-hybridized carbons (Fsp3) is 0.435. The van der Waals surface area contributed by atoms with Gasteiger partial charge in [0.15, 0.2) is 5.75 Å². The average molecular weight is 446 g/mol. The van der Waals surface area contributed by atoms with Gasteiger partial charge >= 0.3 is 0 Å². The van der Waals surface area contributed by atoms with Crippen molar-refractivity contribution < 1.29 is 5.11 Å². The van der Waals surface area contributed by atoms with Gasteiger partial charge in [0, 0.05) is 50.0 Å². The maximum atomic E-state index is 10.2. The molecule has 0 unspecified atom stereocenters. The van der Waals surface area contributed by atoms with E-state index < -0.39 is 0 Å². The molecule has 1 saturated heterocycles. The van der Waals surface area contributed by atoms with Gasteiger partial charge in [0.2, 0.25) is 0 Å². The molecule has 4 nitrogen and oxygen atoms in total. The summed E-state index contributed by atoms with van der Waals surface area (Å²) >= 11 is 3.46. The van der Waals surface area contributed by atoms with Gasteiger partial charge in [-0.15, -0.1) is 0 Å². The first-order valence-corrected chi connectivity index (χ1v) is 11.0. The summed E-state index contributed by atoms with van der Waals surface area (Å²) in [6.45, 7) is 13.2. The molecule has 3 rings (SSSR count). The highest BCUT2D eigenvalue weighted by Gasteiger charge is 2.19. The largest absolute Gasteiger partial charge is 0.505 e. The van der Waals surface area contributed by atoms with Crippen LogP contribution in [0, 0.1) is 0 Å². The molecule has 0 spiro atoms. The molecule has 0 amide bonds. The van der Waals surface area contributed by atoms with Gasteiger partial charge in [-0.1, -0.05) is 39.0 Å². The molecule has 152 valence electrons. The molecule has 1 aliphatic heterocycles. The Morgan fingerprint density at radius 1 is 1.25 bits per heavy atom. The number of pyridine rings is 1. The van der Waals surface area contributed by atoms with E-state index >= 15 is 0 Å². The topological polar surface area (TPSA) is 39.6 Å². The molecule has 5 heteroatoms. The molecule has 28 heavy (non-hydrogen) atoms. The minimum absolute atomic E-state index is 0.217. The Morgan fingerprint density at radius 2 is 1.96 bits per heavy atom. The molecule has 0 radical (unpaired) electrons. The Kier molecular flexibility index (Phi) is 9.00. The lowest BCUT2D eigenvalue weighted by Crippen LogP contribution is -2.45. The van der Waals surface area contributed by atoms with Gasteiger partial charge in [0.1, 0.15) is 5.52 Å². The second kappa shape index (κ2) is 11.2. The number of halogens is 1. The van der Waals surface area contributed by atoms with Crippen molar-refractivity contribution in [3.63, 3.8) is 0 Å². The monoisotopic (exact) mass is 445 g/mol. The van der Waals surface area contributed by atoms with E-state index in [1.165, 1.54) is 11.3 Å². The van der Waals surface area contributed by atoms with E-state index in [1.54, 1.807) is 6.20 Å². The van der Waals surface area contributed by atoms with Crippen molar-refractivity contribution in [1.29, 1.82) is 0 Å². The van der Waals surface area contributed by atoms with Gasteiger partial charge in [-0.05, 0) is 53.0 Å². The zero-order valence-electron chi connectivity index (χ0n) is 17.5. The maximum Gasteiger partial charge on any atom is 0.156 e. The molecule has 2 aromatic rings. The lowest BCUT2D eigenvalue weighted by Gasteiger charge is -2.36. The van der Waals surface area contributed by atoms with Crippen LogP contribution in [0.1, 0.15) is 39.7 Å². The molecule has 1 fully saturated rings. The number of piperazine rings is 1. The fourth-order valence-corrected chi connectivity index (χ4v) is 3.89. The fourth-order valence-electron chi connectivity index (χ4n) is 3.42. The number of fused-ring (bicyclic) bond motifs is 1. The van der Waals surface area contributed by atoms with Crippen LogP contribution in [0.4, 0.5) is 0 Å². The molecule has 1 aromatic carbocycles. The lowest BCUT2D eigenvalue weighted by atomic mass is 10.1. The number of phenolic OH excluding ortho intramolecular Hbond substituents is 1. The summed E-state index contributed by atoms with van der Waals surface area (Å²) in [6.07, 6.45) is 9.42. The van der Waals surface area contributed by atoms with Crippen LogP contribution in [-0.2, 0) is 6.54 Å². The first-order valence-electron chi connectivity index (χ1n) is 10.2. The van der Waals surface area contributed by atoms with Crippen LogP contribution >= 0.6 is 15.9 Å². The molecular formula is C23H32BrN3O. The van der Waals surface area contributed by atoms with Crippen LogP contribution in [-0.4, -0.2) is 46.1 Å². The van der Waals surface area contributed by atoms with E-state index in [2.05, 4.69) is 62.8 Å². The van der Waals surface area contributed by atoms with E-state index in [0.717, 1.165) is 44.5 Å². The predicted molar refractivity (Wildman–Crippen MR) is 122 cm³/mol. The number of benzene rings is 1. The predicted octanol–water partition coefficient (Wildman–Crippen LogP) is 5.72. The number of allylic oxidation sites excluding steroid dienone is 3. The van der Waals surface area contributed by atoms with Crippen LogP contribution in [0.5, 0.6) is 5.75 Å². The summed E-state index contributed by atoms with van der Waals surface area (Å²) in [5.41, 5.74) is 3.17. The van der Waals surface area contributed by atoms with E-state index in [4.69, 9.17) is 0 Å². The Morgan fingerprint density at radius 3 is 2.61 bits per heavy atom. The van der Waals surface area contributed by atoms with Crippen molar-refractivity contribution >= 4 is 26.8 Å². The van der Waals surface area contributed by atoms with Crippen LogP contribution in [0.3, 0.4) is 0 Å². The van der Waals surface area contributed by atoms with Gasteiger partial charge in [-0.3, -0.25) is 9.88 Å². The van der Waals surface area contributed by atoms with Crippen molar-refractivity contribution in [3.8, 4) is 5.75 Å². The molecular weight excluding hydrogens is 414 g/mol. The van der Waals surface area contributed by atoms with Gasteiger partial charge in [0.25, 0.3) is 0 Å². The molecule has 1 aliphatic rings. The lowest BCUT2D eigenvalue weighted by molar-refractivity contribution is 0.156. The maximum absolute atomic E-state index is 10.2. The third-order valence-corrected chi connectivity index (χ3v) is 5.46. The quantitative estimate of drug-likeness (QED) is 0.597. The summed E-state index contributed by atoms with van der Waals surface area (Å²) in [7, 11) is 0. The second-order valence-corrected chi connectivity index (χ2v) is 7.41. The van der Waals surface area contributed by atoms with Gasteiger partial charge in [-0.2, -0.15) is 0 Å². The summed E-state index contributed by atoms with van der Waals surface area (Å²) < 4.78 is 0.707. The van der Waals surface area contributed by atoms with E-state index in [-0.39, 0.29) is 5.75 Å². The molecule has 0 saturated carbocycles. The van der Waals surface area contributed by atoms with Gasteiger partial charge < -0.3 is 10.0 Å². The Bertz CT molecular complexity index is 824. The smallest absolute Gasteiger partial charge is 0.156 e. The van der Waals surface area contributed by atoms with Gasteiger partial charge in [0.05, 0.1) is 4.47 Å². The summed E-state index contributed by atoms with van der Waals surface area (Å²) in [5, 5.41) is 11.3. The minimum atomic E-state index is 0.217. The molecule has 2 heterocycles. The number of aromatic hydroxyl groups is 1. The zero-order valence-corrected chi connectivity index (χ0v) is 19.0. The van der Waals surface area contributed by atoms with Crippen molar-refractivity contribution in [2.45, 2.75) is 40.7 Å². The van der Waals surface area contributed by atoms with Crippen molar-refractivity contribution in [3.05, 3.63) is 58.4 Å². The summed E-state index contributed by atoms with van der Waals surface area (Å²) in [4.78, 5) is 9.27. The number of nitrogens with zero attached hydrogens (tertiary/aromatic N) is 3. The van der Waals surface area contributed by atoms with Crippen LogP contribution in [0.15, 0.2) is 52.8 Å². The van der Waals surface area contributed by atoms with E-state index in [9.17, 15) is 5.11 Å². The molecule has 1 aromatic heterocycles. The van der Waals surface area contributed by atoms with Crippen molar-refractivity contribution in [2.24, 2.45) is 0 Å². The van der Waals surface area contributed by atoms with Crippen LogP contribution in [0.25, 0.3) is 10.9 Å². The molecule has 0 bridgehead atoms. The average Bonchev–Trinajstić information content (AvgIpc) is 2.75. The highest BCUT2D eigenvalue weighted by molar-refractivity contribution is 9.10. The number of aromatic nitrogens is 1. The number of hydrogen-bond donors (Lipinski definition) is 1. The summed E-state index contributed by atoms with van der Waals surface area (Å²) in [6, 6.07) is 5.98. The zero-order chi connectivity index (χ0) is 20.5. The number of hydrogen-bond acceptors (Lipinski definition) is 4. The highest BCUT2D eigenvalue weighted by Crippen LogP contribution is 2.34. The molecule has 1 N–H and O–H groups in total. The van der Waals surface area contributed by atoms with E-state index in [0.29, 0.717) is 9.99 Å². The van der Waals surface area contributed by atoms with Crippen LogP contribution in [0.2, 0.25) is 0 Å². The first kappa shape index (κ1) is 22.4. The van der Waals surface area contributed by atoms with Crippen molar-refractivity contribution in [2.75, 3.05) is 26.2 Å². The molecule has 0 atom stereocenters. The van der Waals surface area contributed by atoms with Crippen LogP contribution < -0.4 is 0 Å². The van der Waals surface area contributed by atoms with Gasteiger partial charge in [-0.25, -0.2) is 0 Å². The third kappa shape index (κ3) is 5.36. The van der Waals surface area contributed by atoms with E-state index in [1.807, 2.05) is 32.0 Å². The number of rotatable bonds is 5. The number of phenols is 1. The standard InChI is InChI=1S/C21H26BrN3O.C2H6/c1-3-5-7-17(4-2)25-12-10-24(11-13-25)15-16-14-19(22)21(26)20-18(16)8-6-9-23-20;1-2/h4-9,14,26H,3,10-13,15H2,1-2H3;1-2H3/b7-5-,17-4+;. The second-order valence-electron chi connectivity index (χ2n) is 6.55. The Hall–Kier alpha value is -1.85.